The van der Waals surface area contributed by atoms with Crippen molar-refractivity contribution >= 4 is 35.6 Å². The number of carbonyl (C=O) groups excluding carboxylic acids is 3. The number of carboxylic acid groups (broad SMARTS) is 3. The van der Waals surface area contributed by atoms with Crippen LogP contribution < -0.4 is 16.0 Å². The monoisotopic (exact) mass is 471 g/mol. The fourth-order valence-electron chi connectivity index (χ4n) is 3.47. The Kier molecular flexibility index (Phi) is 12.5. The van der Waals surface area contributed by atoms with E-state index in [0.717, 1.165) is 38.5 Å². The molecule has 0 bridgehead atoms. The van der Waals surface area contributed by atoms with Crippen LogP contribution in [0.4, 0.5) is 0 Å². The van der Waals surface area contributed by atoms with Crippen LogP contribution in [0.25, 0.3) is 0 Å². The summed E-state index contributed by atoms with van der Waals surface area (Å²) in [5, 5.41) is 33.0. The first-order valence-electron chi connectivity index (χ1n) is 11.2. The largest absolute Gasteiger partial charge is 0.480 e. The van der Waals surface area contributed by atoms with E-state index < -0.39 is 36.0 Å². The van der Waals surface area contributed by atoms with Crippen LogP contribution in [0.3, 0.4) is 0 Å². The Morgan fingerprint density at radius 2 is 0.758 bits per heavy atom. The van der Waals surface area contributed by atoms with Crippen LogP contribution >= 0.6 is 0 Å². The molecule has 186 valence electrons. The standard InChI is InChI=1S/3C7H11NO3/c3*9-6-4-2-1-3-5(8-6)7(10)11/h3*5H,1-4H2,(H,8,9)(H,10,11)/t3*5-/m110/s1. The van der Waals surface area contributed by atoms with Gasteiger partial charge in [0.05, 0.1) is 0 Å². The van der Waals surface area contributed by atoms with E-state index in [9.17, 15) is 28.8 Å². The second-order valence-corrected chi connectivity index (χ2v) is 8.11. The minimum atomic E-state index is -0.930. The molecule has 33 heavy (non-hydrogen) atoms. The smallest absolute Gasteiger partial charge is 0.326 e. The Morgan fingerprint density at radius 1 is 0.515 bits per heavy atom. The fraction of sp³-hybridized carbons (Fsp3) is 0.714. The van der Waals surface area contributed by atoms with Crippen LogP contribution in [0.1, 0.15) is 77.0 Å². The van der Waals surface area contributed by atoms with Crippen LogP contribution in [-0.4, -0.2) is 69.1 Å². The van der Waals surface area contributed by atoms with Gasteiger partial charge in [-0.1, -0.05) is 19.3 Å². The van der Waals surface area contributed by atoms with E-state index in [1.54, 1.807) is 0 Å². The summed E-state index contributed by atoms with van der Waals surface area (Å²) in [5.74, 6) is -3.22. The van der Waals surface area contributed by atoms with Gasteiger partial charge >= 0.3 is 17.9 Å². The molecular weight excluding hydrogens is 438 g/mol. The minimum Gasteiger partial charge on any atom is -0.480 e. The highest BCUT2D eigenvalue weighted by Gasteiger charge is 2.23. The van der Waals surface area contributed by atoms with E-state index in [2.05, 4.69) is 16.0 Å². The van der Waals surface area contributed by atoms with Gasteiger partial charge in [0.25, 0.3) is 0 Å². The van der Waals surface area contributed by atoms with Crippen LogP contribution in [0.5, 0.6) is 0 Å². The van der Waals surface area contributed by atoms with Gasteiger partial charge < -0.3 is 31.3 Å². The zero-order valence-electron chi connectivity index (χ0n) is 18.5. The Labute approximate surface area is 191 Å². The molecule has 6 N–H and O–H groups in total. The van der Waals surface area contributed by atoms with Crippen molar-refractivity contribution in [2.45, 2.75) is 95.2 Å². The number of carboxylic acids is 3. The first-order valence-corrected chi connectivity index (χ1v) is 11.2. The molecule has 0 unspecified atom stereocenters. The highest BCUT2D eigenvalue weighted by atomic mass is 16.4. The van der Waals surface area contributed by atoms with Crippen LogP contribution in [-0.2, 0) is 28.8 Å². The maximum absolute atomic E-state index is 10.8. The third-order valence-electron chi connectivity index (χ3n) is 5.34. The number of amides is 3. The van der Waals surface area contributed by atoms with Crippen molar-refractivity contribution < 1.29 is 44.1 Å². The maximum atomic E-state index is 10.8. The van der Waals surface area contributed by atoms with Crippen molar-refractivity contribution in [2.24, 2.45) is 0 Å². The zero-order chi connectivity index (χ0) is 24.8. The third kappa shape index (κ3) is 11.9. The summed E-state index contributed by atoms with van der Waals surface area (Å²) >= 11 is 0. The van der Waals surface area contributed by atoms with Gasteiger partial charge in [0.2, 0.25) is 17.7 Å². The van der Waals surface area contributed by atoms with Crippen molar-refractivity contribution in [3.05, 3.63) is 0 Å². The molecule has 0 radical (unpaired) electrons. The Balaban J connectivity index is 0.000000247. The Morgan fingerprint density at radius 3 is 0.970 bits per heavy atom. The molecule has 0 spiro atoms. The van der Waals surface area contributed by atoms with Crippen molar-refractivity contribution in [2.75, 3.05) is 0 Å². The van der Waals surface area contributed by atoms with Crippen molar-refractivity contribution in [1.29, 1.82) is 0 Å². The first-order chi connectivity index (χ1) is 15.6. The van der Waals surface area contributed by atoms with E-state index >= 15 is 0 Å². The van der Waals surface area contributed by atoms with Crippen LogP contribution in [0, 0.1) is 0 Å². The summed E-state index contributed by atoms with van der Waals surface area (Å²) in [6.07, 6.45) is 7.91. The molecule has 3 aliphatic rings. The normalized spacial score (nSPS) is 25.5. The second kappa shape index (κ2) is 14.8. The molecule has 3 heterocycles. The molecule has 0 aromatic rings. The number of aliphatic carboxylic acids is 3. The van der Waals surface area contributed by atoms with Crippen molar-refractivity contribution in [1.82, 2.24) is 16.0 Å². The van der Waals surface area contributed by atoms with Gasteiger partial charge in [0.1, 0.15) is 18.1 Å². The van der Waals surface area contributed by atoms with Gasteiger partial charge in [-0.15, -0.1) is 0 Å². The van der Waals surface area contributed by atoms with E-state index in [1.165, 1.54) is 0 Å². The minimum absolute atomic E-state index is 0.144. The summed E-state index contributed by atoms with van der Waals surface area (Å²) in [5.41, 5.74) is 0. The van der Waals surface area contributed by atoms with Gasteiger partial charge in [0, 0.05) is 19.3 Å². The fourth-order valence-corrected chi connectivity index (χ4v) is 3.47. The van der Waals surface area contributed by atoms with Crippen molar-refractivity contribution in [3.8, 4) is 0 Å². The summed E-state index contributed by atoms with van der Waals surface area (Å²) < 4.78 is 0. The lowest BCUT2D eigenvalue weighted by Crippen LogP contribution is -2.38. The number of nitrogens with one attached hydrogen (secondary N) is 3. The lowest BCUT2D eigenvalue weighted by Gasteiger charge is -2.08. The quantitative estimate of drug-likeness (QED) is 0.337. The Hall–Kier alpha value is -3.18. The second-order valence-electron chi connectivity index (χ2n) is 8.11. The molecular formula is C21H33N3O9. The van der Waals surface area contributed by atoms with Crippen molar-refractivity contribution in [3.63, 3.8) is 0 Å². The number of hydrogen-bond donors (Lipinski definition) is 6. The molecule has 3 fully saturated rings. The van der Waals surface area contributed by atoms with Crippen LogP contribution in [0.2, 0.25) is 0 Å². The molecule has 3 amide bonds. The first kappa shape index (κ1) is 27.9. The zero-order valence-corrected chi connectivity index (χ0v) is 18.5. The number of carbonyl (C=O) groups is 6. The van der Waals surface area contributed by atoms with Gasteiger partial charge in [-0.2, -0.15) is 0 Å². The Bertz CT molecular complexity index is 631. The summed E-state index contributed by atoms with van der Waals surface area (Å²) in [4.78, 5) is 63.8. The summed E-state index contributed by atoms with van der Waals surface area (Å²) in [7, 11) is 0. The molecule has 3 saturated heterocycles. The van der Waals surface area contributed by atoms with Gasteiger partial charge in [-0.25, -0.2) is 14.4 Å². The van der Waals surface area contributed by atoms with Gasteiger partial charge in [-0.3, -0.25) is 14.4 Å². The van der Waals surface area contributed by atoms with Crippen LogP contribution in [0.15, 0.2) is 0 Å². The predicted molar refractivity (Wildman–Crippen MR) is 114 cm³/mol. The molecule has 3 atom stereocenters. The van der Waals surface area contributed by atoms with E-state index in [1.807, 2.05) is 0 Å². The van der Waals surface area contributed by atoms with Gasteiger partial charge in [-0.05, 0) is 38.5 Å². The molecule has 12 nitrogen and oxygen atoms in total. The lowest BCUT2D eigenvalue weighted by atomic mass is 10.1. The highest BCUT2D eigenvalue weighted by molar-refractivity contribution is 5.85. The molecule has 3 aliphatic heterocycles. The van der Waals surface area contributed by atoms with E-state index in [0.29, 0.717) is 38.5 Å². The topological polar surface area (TPSA) is 199 Å². The van der Waals surface area contributed by atoms with Gasteiger partial charge in [0.15, 0.2) is 0 Å². The molecule has 0 aliphatic carbocycles. The predicted octanol–water partition coefficient (Wildman–Crippen LogP) is 0.389. The number of hydrogen-bond acceptors (Lipinski definition) is 6. The molecule has 0 saturated carbocycles. The average molecular weight is 472 g/mol. The van der Waals surface area contributed by atoms with E-state index in [-0.39, 0.29) is 17.7 Å². The molecule has 12 heteroatoms. The third-order valence-corrected chi connectivity index (χ3v) is 5.34. The molecule has 3 rings (SSSR count). The molecule has 0 aromatic heterocycles. The number of rotatable bonds is 3. The summed E-state index contributed by atoms with van der Waals surface area (Å²) in [6, 6.07) is -1.99. The van der Waals surface area contributed by atoms with E-state index in [4.69, 9.17) is 15.3 Å². The highest BCUT2D eigenvalue weighted by Crippen LogP contribution is 2.10. The average Bonchev–Trinajstić information content (AvgIpc) is 3.20. The summed E-state index contributed by atoms with van der Waals surface area (Å²) in [6.45, 7) is 0. The SMILES string of the molecule is O=C1CCCC[C@@H](C(=O)O)N1.O=C1CCCC[C@H](C(=O)O)N1.O=C1CCCC[C@H](C(=O)O)N1. The maximum Gasteiger partial charge on any atom is 0.326 e. The molecule has 0 aromatic carbocycles. The lowest BCUT2D eigenvalue weighted by molar-refractivity contribution is -0.142.